The van der Waals surface area contributed by atoms with Crippen LogP contribution in [-0.4, -0.2) is 104 Å². The van der Waals surface area contributed by atoms with Crippen LogP contribution in [0.25, 0.3) is 21.8 Å². The van der Waals surface area contributed by atoms with E-state index in [1.807, 2.05) is 11.7 Å². The highest BCUT2D eigenvalue weighted by molar-refractivity contribution is 6.33. The van der Waals surface area contributed by atoms with E-state index in [9.17, 15) is 14.4 Å². The van der Waals surface area contributed by atoms with Crippen LogP contribution >= 0.6 is 11.6 Å². The van der Waals surface area contributed by atoms with Gasteiger partial charge >= 0.3 is 5.92 Å². The maximum atomic E-state index is 15.8. The summed E-state index contributed by atoms with van der Waals surface area (Å²) >= 11 is 6.58. The van der Waals surface area contributed by atoms with E-state index in [1.165, 1.54) is 29.9 Å². The van der Waals surface area contributed by atoms with Gasteiger partial charge < -0.3 is 29.7 Å². The quantitative estimate of drug-likeness (QED) is 0.150. The molecule has 2 aromatic carbocycles. The average molecular weight is 902 g/mol. The summed E-state index contributed by atoms with van der Waals surface area (Å²) in [6.07, 6.45) is 5.38. The highest BCUT2D eigenvalue weighted by Gasteiger charge is 2.51. The number of nitrogens with one attached hydrogen (secondary N) is 3. The number of aromatic nitrogens is 5. The lowest BCUT2D eigenvalue weighted by atomic mass is 9.92. The summed E-state index contributed by atoms with van der Waals surface area (Å²) in [6, 6.07) is 7.77. The number of piperidine rings is 2. The number of ether oxygens (including phenoxy) is 1. The Balaban J connectivity index is 0.794. The van der Waals surface area contributed by atoms with Crippen molar-refractivity contribution in [3.8, 4) is 5.75 Å². The fourth-order valence-corrected chi connectivity index (χ4v) is 10.4. The molecule has 64 heavy (non-hydrogen) atoms. The predicted molar refractivity (Wildman–Crippen MR) is 239 cm³/mol. The lowest BCUT2D eigenvalue weighted by Gasteiger charge is -2.49. The van der Waals surface area contributed by atoms with Crippen LogP contribution in [-0.2, 0) is 23.7 Å². The van der Waals surface area contributed by atoms with Crippen LogP contribution in [0.1, 0.15) is 64.0 Å². The first kappa shape index (κ1) is 42.3. The van der Waals surface area contributed by atoms with Crippen LogP contribution < -0.4 is 36.0 Å². The number of nitrogens with zero attached hydrogens (tertiary/aromatic N) is 8. The maximum Gasteiger partial charge on any atom is 0.301 e. The van der Waals surface area contributed by atoms with Gasteiger partial charge in [0.1, 0.15) is 10.8 Å². The minimum Gasteiger partial charge on any atom is -0.480 e. The lowest BCUT2D eigenvalue weighted by molar-refractivity contribution is -0.134. The van der Waals surface area contributed by atoms with Crippen molar-refractivity contribution in [2.24, 2.45) is 25.9 Å². The molecule has 1 aliphatic carbocycles. The van der Waals surface area contributed by atoms with Crippen molar-refractivity contribution in [1.82, 2.24) is 34.5 Å². The summed E-state index contributed by atoms with van der Waals surface area (Å²) in [4.78, 5) is 54.0. The molecule has 3 saturated heterocycles. The summed E-state index contributed by atoms with van der Waals surface area (Å²) < 4.78 is 54.7. The van der Waals surface area contributed by atoms with Gasteiger partial charge in [-0.05, 0) is 82.1 Å². The number of benzene rings is 2. The van der Waals surface area contributed by atoms with Crippen molar-refractivity contribution in [1.29, 1.82) is 0 Å². The molecule has 3 N–H and O–H groups in total. The molecule has 1 saturated carbocycles. The summed E-state index contributed by atoms with van der Waals surface area (Å²) in [7, 11) is 3.35. The highest BCUT2D eigenvalue weighted by Crippen LogP contribution is 2.46. The van der Waals surface area contributed by atoms with Crippen LogP contribution in [0.5, 0.6) is 5.75 Å². The molecule has 338 valence electrons. The van der Waals surface area contributed by atoms with Gasteiger partial charge in [0.15, 0.2) is 12.4 Å². The number of hydrogen-bond donors (Lipinski definition) is 3. The van der Waals surface area contributed by atoms with Crippen LogP contribution in [0.2, 0.25) is 5.02 Å². The Labute approximate surface area is 372 Å². The van der Waals surface area contributed by atoms with Crippen LogP contribution in [0.3, 0.4) is 0 Å². The monoisotopic (exact) mass is 901 g/mol. The number of anilines is 5. The third kappa shape index (κ3) is 7.65. The molecule has 1 unspecified atom stereocenters. The van der Waals surface area contributed by atoms with Crippen LogP contribution in [0.15, 0.2) is 41.3 Å². The molecule has 0 spiro atoms. The summed E-state index contributed by atoms with van der Waals surface area (Å²) in [5, 5.41) is 14.6. The number of piperazine rings is 1. The topological polar surface area (TPSA) is 155 Å². The molecule has 4 aliphatic heterocycles. The molecule has 4 fully saturated rings. The summed E-state index contributed by atoms with van der Waals surface area (Å²) in [6.45, 7) is 8.66. The van der Waals surface area contributed by atoms with Gasteiger partial charge in [-0.25, -0.2) is 18.2 Å². The highest BCUT2D eigenvalue weighted by atomic mass is 35.5. The molecule has 0 bridgehead atoms. The first-order valence-electron chi connectivity index (χ1n) is 22.0. The Kier molecular flexibility index (Phi) is 10.5. The van der Waals surface area contributed by atoms with Crippen molar-refractivity contribution < 1.29 is 27.5 Å². The molecule has 7 heterocycles. The third-order valence-corrected chi connectivity index (χ3v) is 14.1. The Morgan fingerprint density at radius 3 is 2.48 bits per heavy atom. The maximum absolute atomic E-state index is 15.8. The molecule has 2 amide bonds. The zero-order valence-electron chi connectivity index (χ0n) is 36.2. The van der Waals surface area contributed by atoms with Gasteiger partial charge in [0.25, 0.3) is 5.56 Å². The Morgan fingerprint density at radius 2 is 1.75 bits per heavy atom. The van der Waals surface area contributed by atoms with Crippen LogP contribution in [0, 0.1) is 17.7 Å². The fraction of sp³-hybridized carbons (Fsp3) is 0.511. The minimum absolute atomic E-state index is 0.00106. The number of pyridine rings is 1. The number of alkyl halides is 2. The molecule has 5 aliphatic rings. The van der Waals surface area contributed by atoms with Gasteiger partial charge in [0.2, 0.25) is 23.5 Å². The Morgan fingerprint density at radius 1 is 0.969 bits per heavy atom. The number of carbonyl (C=O) groups is 2. The van der Waals surface area contributed by atoms with Gasteiger partial charge in [-0.2, -0.15) is 10.1 Å². The SMILES string of the molecule is Cn1nc(C2CCC(=O)NC2=O)c2ccc(N3CCN(CC4CCN(c5ncc(Cl)c(Nc6cc7c8c(c(=O)n(C)c7cc6F)OCC(F)(F)[C@H](C6CC6)N8)n5)CC4)CC3(C)C)cc21. The molecular weight excluding hydrogens is 851 g/mol. The fourth-order valence-electron chi connectivity index (χ4n) is 10.3. The largest absolute Gasteiger partial charge is 0.480 e. The van der Waals surface area contributed by atoms with Crippen LogP contribution in [0.4, 0.5) is 42.0 Å². The van der Waals surface area contributed by atoms with Crippen molar-refractivity contribution in [3.05, 3.63) is 63.4 Å². The molecule has 10 rings (SSSR count). The second-order valence-corrected chi connectivity index (χ2v) is 19.2. The van der Waals surface area contributed by atoms with E-state index in [0.29, 0.717) is 48.6 Å². The number of halogens is 4. The van der Waals surface area contributed by atoms with Gasteiger partial charge in [0.05, 0.1) is 46.3 Å². The smallest absolute Gasteiger partial charge is 0.301 e. The van der Waals surface area contributed by atoms with Crippen molar-refractivity contribution in [2.45, 2.75) is 75.8 Å². The first-order chi connectivity index (χ1) is 30.5. The third-order valence-electron chi connectivity index (χ3n) is 13.8. The average Bonchev–Trinajstić information content (AvgIpc) is 4.06. The van der Waals surface area contributed by atoms with E-state index in [0.717, 1.165) is 68.7 Å². The number of imide groups is 1. The normalized spacial score (nSPS) is 22.8. The number of fused-ring (bicyclic) bond motifs is 4. The van der Waals surface area contributed by atoms with Gasteiger partial charge in [-0.3, -0.25) is 29.3 Å². The molecule has 2 atom stereocenters. The molecule has 19 heteroatoms. The number of hydrogen-bond acceptors (Lipinski definition) is 12. The molecule has 5 aromatic rings. The van der Waals surface area contributed by atoms with Gasteiger partial charge in [0, 0.05) is 87.8 Å². The van der Waals surface area contributed by atoms with E-state index >= 15 is 13.2 Å². The molecule has 0 radical (unpaired) electrons. The second kappa shape index (κ2) is 15.8. The van der Waals surface area contributed by atoms with Crippen molar-refractivity contribution in [3.63, 3.8) is 0 Å². The van der Waals surface area contributed by atoms with Gasteiger partial charge in [-0.1, -0.05) is 11.6 Å². The Bertz CT molecular complexity index is 2770. The zero-order valence-corrected chi connectivity index (χ0v) is 36.9. The standard InChI is InChI=1S/C45H51ClF3N11O4/c1-44(2)22-58(15-16-60(44)26-7-8-27-34(17-26)57(4)55-36(27)28-9-10-35(61)52-41(28)62)21-24-11-13-59(14-12-24)43-50-20-30(46)40(54-43)51-32-18-29-33(19-31(32)47)56(3)42(63)38-37(29)53-39(25-5-6-25)45(48,49)23-64-38/h7-8,17-20,24-25,28,39,53H,5-6,9-16,21-23H2,1-4H3,(H,50,51,54)(H,52,61,62)/t28?,39-/m0/s1. The molecule has 15 nitrogen and oxygen atoms in total. The molecular formula is C45H51ClF3N11O4. The minimum atomic E-state index is -3.21. The summed E-state index contributed by atoms with van der Waals surface area (Å²) in [5.74, 6) is -4.25. The van der Waals surface area contributed by atoms with E-state index in [1.54, 1.807) is 0 Å². The van der Waals surface area contributed by atoms with E-state index in [4.69, 9.17) is 26.4 Å². The lowest BCUT2D eigenvalue weighted by Crippen LogP contribution is -2.60. The zero-order chi connectivity index (χ0) is 44.8. The van der Waals surface area contributed by atoms with E-state index in [2.05, 4.69) is 67.7 Å². The number of carbonyl (C=O) groups excluding carboxylic acids is 2. The van der Waals surface area contributed by atoms with E-state index < -0.39 is 35.9 Å². The summed E-state index contributed by atoms with van der Waals surface area (Å²) in [5.41, 5.74) is 2.30. The number of aryl methyl sites for hydroxylation is 2. The molecule has 3 aromatic heterocycles. The predicted octanol–water partition coefficient (Wildman–Crippen LogP) is 6.31. The van der Waals surface area contributed by atoms with E-state index in [-0.39, 0.29) is 56.8 Å². The Hall–Kier alpha value is -5.62. The first-order valence-corrected chi connectivity index (χ1v) is 22.4. The van der Waals surface area contributed by atoms with Gasteiger partial charge in [-0.15, -0.1) is 0 Å². The number of rotatable bonds is 8. The van der Waals surface area contributed by atoms with Crippen molar-refractivity contribution in [2.75, 3.05) is 66.3 Å². The second-order valence-electron chi connectivity index (χ2n) is 18.8. The number of amides is 2. The van der Waals surface area contributed by atoms with Crippen molar-refractivity contribution >= 4 is 74.0 Å².